The molecule has 1 fully saturated rings. The Labute approximate surface area is 154 Å². The lowest BCUT2D eigenvalue weighted by atomic mass is 10.1. The molecule has 138 valence electrons. The van der Waals surface area contributed by atoms with Gasteiger partial charge < -0.3 is 19.7 Å². The van der Waals surface area contributed by atoms with E-state index in [2.05, 4.69) is 17.3 Å². The van der Waals surface area contributed by atoms with E-state index in [1.165, 1.54) is 0 Å². The lowest BCUT2D eigenvalue weighted by Gasteiger charge is -2.29. The minimum Gasteiger partial charge on any atom is -0.490 e. The van der Waals surface area contributed by atoms with Gasteiger partial charge in [0.1, 0.15) is 17.6 Å². The Morgan fingerprint density at radius 3 is 2.35 bits per heavy atom. The summed E-state index contributed by atoms with van der Waals surface area (Å²) in [5.41, 5.74) is 0.731. The van der Waals surface area contributed by atoms with Gasteiger partial charge >= 0.3 is 0 Å². The van der Waals surface area contributed by atoms with Crippen LogP contribution in [0.4, 0.5) is 5.69 Å². The fourth-order valence-electron chi connectivity index (χ4n) is 2.91. The fraction of sp³-hybridized carbons (Fsp3) is 0.381. The molecule has 2 aromatic rings. The Morgan fingerprint density at radius 2 is 1.69 bits per heavy atom. The number of nitrogens with zero attached hydrogens (tertiary/aromatic N) is 1. The van der Waals surface area contributed by atoms with Crippen LogP contribution in [0.2, 0.25) is 0 Å². The average Bonchev–Trinajstić information content (AvgIpc) is 2.66. The number of amides is 1. The number of piperidine rings is 1. The van der Waals surface area contributed by atoms with Gasteiger partial charge in [-0.15, -0.1) is 0 Å². The van der Waals surface area contributed by atoms with E-state index in [0.29, 0.717) is 5.75 Å². The van der Waals surface area contributed by atoms with Crippen molar-refractivity contribution in [2.75, 3.05) is 25.5 Å². The van der Waals surface area contributed by atoms with Crippen molar-refractivity contribution in [2.45, 2.75) is 32.0 Å². The van der Waals surface area contributed by atoms with Crippen LogP contribution in [0.5, 0.6) is 11.5 Å². The standard InChI is InChI=1S/C21H26N2O3/c1-16(25-18-6-4-3-5-7-18)21(24)22-17-8-10-19(11-9-17)26-20-12-14-23(2)15-13-20/h3-11,16,20H,12-15H2,1-2H3,(H,22,24)/t16-/m1/s1. The third kappa shape index (κ3) is 5.23. The third-order valence-electron chi connectivity index (χ3n) is 4.52. The normalized spacial score (nSPS) is 16.7. The van der Waals surface area contributed by atoms with E-state index < -0.39 is 6.10 Å². The number of benzene rings is 2. The van der Waals surface area contributed by atoms with Gasteiger partial charge in [0.15, 0.2) is 6.10 Å². The zero-order chi connectivity index (χ0) is 18.4. The molecule has 1 atom stereocenters. The molecule has 1 N–H and O–H groups in total. The summed E-state index contributed by atoms with van der Waals surface area (Å²) in [5, 5.41) is 2.87. The van der Waals surface area contributed by atoms with Crippen molar-refractivity contribution >= 4 is 11.6 Å². The molecular weight excluding hydrogens is 328 g/mol. The summed E-state index contributed by atoms with van der Waals surface area (Å²) >= 11 is 0. The first-order valence-corrected chi connectivity index (χ1v) is 9.08. The Kier molecular flexibility index (Phi) is 6.12. The van der Waals surface area contributed by atoms with E-state index in [1.807, 2.05) is 54.6 Å². The molecule has 5 nitrogen and oxygen atoms in total. The molecule has 0 bridgehead atoms. The van der Waals surface area contributed by atoms with Gasteiger partial charge in [-0.3, -0.25) is 4.79 Å². The van der Waals surface area contributed by atoms with Crippen LogP contribution in [0.3, 0.4) is 0 Å². The number of hydrogen-bond donors (Lipinski definition) is 1. The molecule has 0 spiro atoms. The van der Waals surface area contributed by atoms with Crippen LogP contribution < -0.4 is 14.8 Å². The van der Waals surface area contributed by atoms with Gasteiger partial charge in [-0.2, -0.15) is 0 Å². The predicted molar refractivity (Wildman–Crippen MR) is 103 cm³/mol. The predicted octanol–water partition coefficient (Wildman–Crippen LogP) is 3.57. The van der Waals surface area contributed by atoms with E-state index in [-0.39, 0.29) is 12.0 Å². The SMILES string of the molecule is C[C@@H](Oc1ccccc1)C(=O)Nc1ccc(OC2CCN(C)CC2)cc1. The maximum atomic E-state index is 12.3. The quantitative estimate of drug-likeness (QED) is 0.862. The molecule has 0 saturated carbocycles. The highest BCUT2D eigenvalue weighted by atomic mass is 16.5. The first-order valence-electron chi connectivity index (χ1n) is 9.08. The minimum absolute atomic E-state index is 0.183. The molecule has 0 radical (unpaired) electrons. The number of carbonyl (C=O) groups is 1. The van der Waals surface area contributed by atoms with Gasteiger partial charge in [-0.1, -0.05) is 18.2 Å². The summed E-state index contributed by atoms with van der Waals surface area (Å²) in [5.74, 6) is 1.33. The van der Waals surface area contributed by atoms with Crippen molar-refractivity contribution in [1.29, 1.82) is 0 Å². The summed E-state index contributed by atoms with van der Waals surface area (Å²) < 4.78 is 11.7. The van der Waals surface area contributed by atoms with Crippen molar-refractivity contribution in [3.63, 3.8) is 0 Å². The van der Waals surface area contributed by atoms with Gasteiger partial charge in [0.2, 0.25) is 0 Å². The number of nitrogens with one attached hydrogen (secondary N) is 1. The molecule has 0 aromatic heterocycles. The van der Waals surface area contributed by atoms with E-state index in [0.717, 1.165) is 37.4 Å². The van der Waals surface area contributed by atoms with Crippen LogP contribution >= 0.6 is 0 Å². The molecular formula is C21H26N2O3. The smallest absolute Gasteiger partial charge is 0.265 e. The van der Waals surface area contributed by atoms with E-state index >= 15 is 0 Å². The minimum atomic E-state index is -0.576. The van der Waals surface area contributed by atoms with Crippen LogP contribution in [-0.2, 0) is 4.79 Å². The summed E-state index contributed by atoms with van der Waals surface area (Å²) in [6.45, 7) is 3.87. The number of carbonyl (C=O) groups excluding carboxylic acids is 1. The van der Waals surface area contributed by atoms with Crippen molar-refractivity contribution in [1.82, 2.24) is 4.90 Å². The van der Waals surface area contributed by atoms with Crippen molar-refractivity contribution < 1.29 is 14.3 Å². The Hall–Kier alpha value is -2.53. The number of likely N-dealkylation sites (tertiary alicyclic amines) is 1. The zero-order valence-electron chi connectivity index (χ0n) is 15.4. The van der Waals surface area contributed by atoms with Gasteiger partial charge in [0.25, 0.3) is 5.91 Å². The van der Waals surface area contributed by atoms with Crippen LogP contribution in [0.25, 0.3) is 0 Å². The van der Waals surface area contributed by atoms with Gasteiger partial charge in [-0.25, -0.2) is 0 Å². The highest BCUT2D eigenvalue weighted by molar-refractivity contribution is 5.94. The summed E-state index contributed by atoms with van der Waals surface area (Å²) in [6, 6.07) is 16.8. The topological polar surface area (TPSA) is 50.8 Å². The van der Waals surface area contributed by atoms with Crippen molar-refractivity contribution in [3.8, 4) is 11.5 Å². The molecule has 1 aliphatic rings. The van der Waals surface area contributed by atoms with Crippen LogP contribution in [-0.4, -0.2) is 43.2 Å². The number of anilines is 1. The van der Waals surface area contributed by atoms with Crippen LogP contribution in [0.1, 0.15) is 19.8 Å². The van der Waals surface area contributed by atoms with Gasteiger partial charge in [0, 0.05) is 18.8 Å². The number of hydrogen-bond acceptors (Lipinski definition) is 4. The molecule has 1 saturated heterocycles. The number of rotatable bonds is 6. The first kappa shape index (κ1) is 18.3. The van der Waals surface area contributed by atoms with Crippen molar-refractivity contribution in [2.24, 2.45) is 0 Å². The maximum absolute atomic E-state index is 12.3. The molecule has 5 heteroatoms. The lowest BCUT2D eigenvalue weighted by molar-refractivity contribution is -0.122. The highest BCUT2D eigenvalue weighted by Gasteiger charge is 2.18. The monoisotopic (exact) mass is 354 g/mol. The second-order valence-corrected chi connectivity index (χ2v) is 6.71. The van der Waals surface area contributed by atoms with Crippen LogP contribution in [0, 0.1) is 0 Å². The second kappa shape index (κ2) is 8.72. The van der Waals surface area contributed by atoms with E-state index in [1.54, 1.807) is 6.92 Å². The summed E-state index contributed by atoms with van der Waals surface area (Å²) in [6.07, 6.45) is 1.78. The molecule has 3 rings (SSSR count). The summed E-state index contributed by atoms with van der Waals surface area (Å²) in [4.78, 5) is 14.6. The Bertz CT molecular complexity index is 695. The third-order valence-corrected chi connectivity index (χ3v) is 4.52. The number of para-hydroxylation sites is 1. The van der Waals surface area contributed by atoms with Gasteiger partial charge in [0.05, 0.1) is 0 Å². The molecule has 26 heavy (non-hydrogen) atoms. The molecule has 2 aromatic carbocycles. The Morgan fingerprint density at radius 1 is 1.04 bits per heavy atom. The highest BCUT2D eigenvalue weighted by Crippen LogP contribution is 2.21. The average molecular weight is 354 g/mol. The first-order chi connectivity index (χ1) is 12.6. The van der Waals surface area contributed by atoms with Gasteiger partial charge in [-0.05, 0) is 63.2 Å². The summed E-state index contributed by atoms with van der Waals surface area (Å²) in [7, 11) is 2.14. The molecule has 0 aliphatic carbocycles. The maximum Gasteiger partial charge on any atom is 0.265 e. The molecule has 1 aliphatic heterocycles. The zero-order valence-corrected chi connectivity index (χ0v) is 15.4. The largest absolute Gasteiger partial charge is 0.490 e. The van der Waals surface area contributed by atoms with Crippen LogP contribution in [0.15, 0.2) is 54.6 Å². The fourth-order valence-corrected chi connectivity index (χ4v) is 2.91. The molecule has 1 amide bonds. The molecule has 1 heterocycles. The Balaban J connectivity index is 1.49. The number of ether oxygens (including phenoxy) is 2. The van der Waals surface area contributed by atoms with E-state index in [9.17, 15) is 4.79 Å². The van der Waals surface area contributed by atoms with E-state index in [4.69, 9.17) is 9.47 Å². The van der Waals surface area contributed by atoms with Crippen molar-refractivity contribution in [3.05, 3.63) is 54.6 Å². The second-order valence-electron chi connectivity index (χ2n) is 6.71. The molecule has 0 unspecified atom stereocenters. The lowest BCUT2D eigenvalue weighted by Crippen LogP contribution is -2.35.